The summed E-state index contributed by atoms with van der Waals surface area (Å²) in [6, 6.07) is 1.05. The maximum Gasteiger partial charge on any atom is 0.337 e. The van der Waals surface area contributed by atoms with Crippen molar-refractivity contribution in [2.24, 2.45) is 5.73 Å². The lowest BCUT2D eigenvalue weighted by molar-refractivity contribution is 0.0696. The maximum atomic E-state index is 10.5. The van der Waals surface area contributed by atoms with E-state index in [0.29, 0.717) is 5.69 Å². The molecular weight excluding hydrogens is 227 g/mol. The Labute approximate surface area is 92.5 Å². The van der Waals surface area contributed by atoms with Crippen molar-refractivity contribution < 1.29 is 9.90 Å². The van der Waals surface area contributed by atoms with Crippen molar-refractivity contribution >= 4 is 30.0 Å². The van der Waals surface area contributed by atoms with Crippen LogP contribution in [0.3, 0.4) is 0 Å². The van der Waals surface area contributed by atoms with Gasteiger partial charge in [0.15, 0.2) is 0 Å². The number of hydrogen-bond donors (Lipinski definition) is 2. The minimum absolute atomic E-state index is 0. The number of aromatic carboxylic acids is 1. The fourth-order valence-electron chi connectivity index (χ4n) is 0.901. The third-order valence-corrected chi connectivity index (χ3v) is 1.85. The average Bonchev–Trinajstić information content (AvgIpc) is 2.03. The van der Waals surface area contributed by atoms with Crippen LogP contribution in [-0.2, 0) is 0 Å². The van der Waals surface area contributed by atoms with E-state index in [1.807, 2.05) is 0 Å². The third kappa shape index (κ3) is 2.83. The molecule has 78 valence electrons. The molecule has 4 nitrogen and oxygen atoms in total. The van der Waals surface area contributed by atoms with Gasteiger partial charge < -0.3 is 10.8 Å². The molecule has 0 saturated carbocycles. The summed E-state index contributed by atoms with van der Waals surface area (Å²) in [5.74, 6) is -1.05. The van der Waals surface area contributed by atoms with Crippen LogP contribution in [-0.4, -0.2) is 16.1 Å². The highest BCUT2D eigenvalue weighted by atomic mass is 35.5. The van der Waals surface area contributed by atoms with Crippen LogP contribution in [0.4, 0.5) is 0 Å². The Morgan fingerprint density at radius 2 is 2.29 bits per heavy atom. The second-order valence-corrected chi connectivity index (χ2v) is 3.09. The van der Waals surface area contributed by atoms with Crippen LogP contribution >= 0.6 is 24.0 Å². The Morgan fingerprint density at radius 3 is 2.64 bits per heavy atom. The molecule has 0 aliphatic heterocycles. The lowest BCUT2D eigenvalue weighted by Crippen LogP contribution is -2.09. The van der Waals surface area contributed by atoms with E-state index < -0.39 is 5.97 Å². The number of nitrogens with zero attached hydrogens (tertiary/aromatic N) is 1. The number of nitrogens with two attached hydrogens (primary N) is 1. The first-order chi connectivity index (χ1) is 6.02. The molecule has 0 aromatic carbocycles. The van der Waals surface area contributed by atoms with Gasteiger partial charge in [0.25, 0.3) is 0 Å². The van der Waals surface area contributed by atoms with Gasteiger partial charge in [-0.15, -0.1) is 12.4 Å². The number of halogens is 2. The molecule has 6 heteroatoms. The van der Waals surface area contributed by atoms with Crippen LogP contribution in [0.2, 0.25) is 5.02 Å². The summed E-state index contributed by atoms with van der Waals surface area (Å²) < 4.78 is 0. The summed E-state index contributed by atoms with van der Waals surface area (Å²) in [4.78, 5) is 14.4. The minimum atomic E-state index is -1.05. The van der Waals surface area contributed by atoms with Crippen LogP contribution in [0.5, 0.6) is 0 Å². The molecule has 14 heavy (non-hydrogen) atoms. The molecular formula is C8H10Cl2N2O2. The molecule has 0 bridgehead atoms. The summed E-state index contributed by atoms with van der Waals surface area (Å²) >= 11 is 5.76. The summed E-state index contributed by atoms with van der Waals surface area (Å²) in [7, 11) is 0. The van der Waals surface area contributed by atoms with Crippen molar-refractivity contribution in [3.8, 4) is 0 Å². The summed E-state index contributed by atoms with van der Waals surface area (Å²) in [5, 5.41) is 8.90. The highest BCUT2D eigenvalue weighted by Gasteiger charge is 2.10. The average molecular weight is 237 g/mol. The molecule has 1 aromatic heterocycles. The van der Waals surface area contributed by atoms with Crippen LogP contribution in [0, 0.1) is 0 Å². The molecule has 0 aliphatic carbocycles. The van der Waals surface area contributed by atoms with Gasteiger partial charge in [-0.1, -0.05) is 11.6 Å². The van der Waals surface area contributed by atoms with E-state index in [1.165, 1.54) is 12.3 Å². The van der Waals surface area contributed by atoms with E-state index in [2.05, 4.69) is 4.98 Å². The van der Waals surface area contributed by atoms with E-state index >= 15 is 0 Å². The van der Waals surface area contributed by atoms with E-state index in [-0.39, 0.29) is 29.0 Å². The van der Waals surface area contributed by atoms with Gasteiger partial charge >= 0.3 is 5.97 Å². The highest BCUT2D eigenvalue weighted by molar-refractivity contribution is 6.31. The lowest BCUT2D eigenvalue weighted by atomic mass is 10.2. The molecule has 0 radical (unpaired) electrons. The Balaban J connectivity index is 0.00000169. The van der Waals surface area contributed by atoms with Crippen molar-refractivity contribution in [2.45, 2.75) is 13.0 Å². The zero-order chi connectivity index (χ0) is 10.0. The van der Waals surface area contributed by atoms with Gasteiger partial charge in [0, 0.05) is 12.2 Å². The number of hydrogen-bond acceptors (Lipinski definition) is 3. The minimum Gasteiger partial charge on any atom is -0.478 e. The van der Waals surface area contributed by atoms with Gasteiger partial charge in [0.2, 0.25) is 0 Å². The fourth-order valence-corrected chi connectivity index (χ4v) is 1.24. The van der Waals surface area contributed by atoms with Crippen molar-refractivity contribution in [3.05, 3.63) is 28.5 Å². The Morgan fingerprint density at radius 1 is 1.71 bits per heavy atom. The first-order valence-electron chi connectivity index (χ1n) is 3.66. The van der Waals surface area contributed by atoms with Crippen LogP contribution < -0.4 is 5.73 Å². The topological polar surface area (TPSA) is 76.2 Å². The van der Waals surface area contributed by atoms with Gasteiger partial charge in [-0.2, -0.15) is 0 Å². The number of rotatable bonds is 2. The summed E-state index contributed by atoms with van der Waals surface area (Å²) in [6.07, 6.45) is 1.24. The molecule has 0 fully saturated rings. The van der Waals surface area contributed by atoms with Crippen LogP contribution in [0.15, 0.2) is 12.3 Å². The molecule has 3 N–H and O–H groups in total. The van der Waals surface area contributed by atoms with E-state index in [1.54, 1.807) is 6.92 Å². The number of aromatic nitrogens is 1. The van der Waals surface area contributed by atoms with E-state index in [9.17, 15) is 4.79 Å². The zero-order valence-corrected chi connectivity index (χ0v) is 8.97. The fraction of sp³-hybridized carbons (Fsp3) is 0.250. The lowest BCUT2D eigenvalue weighted by Gasteiger charge is -2.06. The standard InChI is InChI=1S/C8H9ClN2O2.ClH/c1-4(10)7-6(9)2-5(3-11-7)8(12)13;/h2-4H,10H2,1H3,(H,12,13);1H. The molecule has 0 amide bonds. The van der Waals surface area contributed by atoms with Crippen LogP contribution in [0.1, 0.15) is 29.0 Å². The molecule has 0 saturated heterocycles. The molecule has 0 aliphatic rings. The van der Waals surface area contributed by atoms with Crippen molar-refractivity contribution in [2.75, 3.05) is 0 Å². The molecule has 1 atom stereocenters. The predicted octanol–water partition coefficient (Wildman–Crippen LogP) is 1.87. The number of pyridine rings is 1. The van der Waals surface area contributed by atoms with Gasteiger partial charge in [-0.25, -0.2) is 4.79 Å². The number of carboxylic acids is 1. The molecule has 1 unspecified atom stereocenters. The largest absolute Gasteiger partial charge is 0.478 e. The predicted molar refractivity (Wildman–Crippen MR) is 56.1 cm³/mol. The van der Waals surface area contributed by atoms with Gasteiger partial charge in [0.1, 0.15) is 0 Å². The Bertz CT molecular complexity index is 342. The zero-order valence-electron chi connectivity index (χ0n) is 7.40. The van der Waals surface area contributed by atoms with E-state index in [0.717, 1.165) is 0 Å². The molecule has 0 spiro atoms. The number of carboxylic acid groups (broad SMARTS) is 1. The maximum absolute atomic E-state index is 10.5. The van der Waals surface area contributed by atoms with Gasteiger partial charge in [0.05, 0.1) is 16.3 Å². The summed E-state index contributed by atoms with van der Waals surface area (Å²) in [5.41, 5.74) is 6.12. The molecule has 1 rings (SSSR count). The quantitative estimate of drug-likeness (QED) is 0.823. The van der Waals surface area contributed by atoms with Gasteiger partial charge in [-0.05, 0) is 13.0 Å². The van der Waals surface area contributed by atoms with Crippen molar-refractivity contribution in [3.63, 3.8) is 0 Å². The monoisotopic (exact) mass is 236 g/mol. The summed E-state index contributed by atoms with van der Waals surface area (Å²) in [6.45, 7) is 1.73. The SMILES string of the molecule is CC(N)c1ncc(C(=O)O)cc1Cl.Cl. The smallest absolute Gasteiger partial charge is 0.337 e. The highest BCUT2D eigenvalue weighted by Crippen LogP contribution is 2.19. The molecule has 1 heterocycles. The van der Waals surface area contributed by atoms with Crippen molar-refractivity contribution in [1.82, 2.24) is 4.98 Å². The Kier molecular flexibility index (Phi) is 4.83. The van der Waals surface area contributed by atoms with Gasteiger partial charge in [-0.3, -0.25) is 4.98 Å². The van der Waals surface area contributed by atoms with Crippen molar-refractivity contribution in [1.29, 1.82) is 0 Å². The second-order valence-electron chi connectivity index (χ2n) is 2.68. The first-order valence-corrected chi connectivity index (χ1v) is 4.04. The molecule has 1 aromatic rings. The Hall–Kier alpha value is -0.840. The second kappa shape index (κ2) is 5.14. The normalized spacial score (nSPS) is 11.6. The van der Waals surface area contributed by atoms with E-state index in [4.69, 9.17) is 22.4 Å². The number of carbonyl (C=O) groups is 1. The van der Waals surface area contributed by atoms with Crippen LogP contribution in [0.25, 0.3) is 0 Å². The third-order valence-electron chi connectivity index (χ3n) is 1.55. The first kappa shape index (κ1) is 13.2.